The number of carbonyl (C=O) groups is 2. The second-order valence-corrected chi connectivity index (χ2v) is 8.94. The molecule has 0 aliphatic rings. The van der Waals surface area contributed by atoms with Crippen molar-refractivity contribution in [3.05, 3.63) is 66.0 Å². The Morgan fingerprint density at radius 1 is 1.16 bits per heavy atom. The number of aromatic nitrogens is 1. The molecule has 0 spiro atoms. The van der Waals surface area contributed by atoms with Gasteiger partial charge in [0, 0.05) is 31.2 Å². The van der Waals surface area contributed by atoms with Gasteiger partial charge >= 0.3 is 5.97 Å². The molecule has 1 heterocycles. The van der Waals surface area contributed by atoms with Crippen molar-refractivity contribution in [3.63, 3.8) is 0 Å². The van der Waals surface area contributed by atoms with Gasteiger partial charge in [0.1, 0.15) is 6.54 Å². The molecule has 176 valence electrons. The van der Waals surface area contributed by atoms with E-state index in [1.165, 1.54) is 19.7 Å². The van der Waals surface area contributed by atoms with Gasteiger partial charge in [-0.2, -0.15) is 0 Å². The summed E-state index contributed by atoms with van der Waals surface area (Å²) in [5.74, 6) is 0.610. The van der Waals surface area contributed by atoms with Crippen molar-refractivity contribution in [1.82, 2.24) is 14.6 Å². The Hall–Kier alpha value is -2.58. The van der Waals surface area contributed by atoms with E-state index in [4.69, 9.17) is 0 Å². The van der Waals surface area contributed by atoms with E-state index in [0.717, 1.165) is 11.5 Å². The average Bonchev–Trinajstić information content (AvgIpc) is 2.83. The number of methoxy groups -OCH3 is 1. The molecule has 1 unspecified atom stereocenters. The summed E-state index contributed by atoms with van der Waals surface area (Å²) < 4.78 is 19.0. The first-order valence-electron chi connectivity index (χ1n) is 10.8. The number of pyridine rings is 1. The third-order valence-corrected chi connectivity index (χ3v) is 5.72. The molecule has 1 aromatic carbocycles. The third-order valence-electron chi connectivity index (χ3n) is 4.59. The zero-order chi connectivity index (χ0) is 23.8. The molecule has 0 aliphatic heterocycles. The number of esters is 1. The number of ether oxygens (including phenoxy) is 1. The molecule has 1 N–H and O–H groups in total. The lowest BCUT2D eigenvalue weighted by Crippen LogP contribution is -2.33. The highest BCUT2D eigenvalue weighted by atomic mass is 32.2. The van der Waals surface area contributed by atoms with Crippen molar-refractivity contribution in [2.24, 2.45) is 5.92 Å². The second-order valence-electron chi connectivity index (χ2n) is 7.56. The molecule has 7 nitrogen and oxygen atoms in total. The number of rotatable bonds is 11. The van der Waals surface area contributed by atoms with E-state index in [0.29, 0.717) is 30.8 Å². The van der Waals surface area contributed by atoms with Gasteiger partial charge in [0.2, 0.25) is 0 Å². The molecule has 32 heavy (non-hydrogen) atoms. The SMILES string of the molecule is CCC(C)C.COC(=O)CNS(=O)CCCN(Cc1ccccc1)C(=O)c1cccnc1. The fourth-order valence-electron chi connectivity index (χ4n) is 2.40. The summed E-state index contributed by atoms with van der Waals surface area (Å²) in [5.41, 5.74) is 1.53. The first kappa shape index (κ1) is 27.5. The van der Waals surface area contributed by atoms with Crippen LogP contribution in [0.5, 0.6) is 0 Å². The third kappa shape index (κ3) is 11.7. The van der Waals surface area contributed by atoms with Gasteiger partial charge in [-0.1, -0.05) is 57.5 Å². The largest absolute Gasteiger partial charge is 0.468 e. The van der Waals surface area contributed by atoms with Crippen LogP contribution in [-0.2, 0) is 27.1 Å². The van der Waals surface area contributed by atoms with Crippen molar-refractivity contribution in [2.45, 2.75) is 40.2 Å². The van der Waals surface area contributed by atoms with E-state index in [1.54, 1.807) is 23.2 Å². The highest BCUT2D eigenvalue weighted by Crippen LogP contribution is 2.10. The summed E-state index contributed by atoms with van der Waals surface area (Å²) >= 11 is 0. The molecule has 0 radical (unpaired) electrons. The molecule has 1 atom stereocenters. The molecule has 0 aliphatic carbocycles. The van der Waals surface area contributed by atoms with Gasteiger partial charge in [0.05, 0.1) is 23.7 Å². The Balaban J connectivity index is 0.000000920. The number of nitrogens with one attached hydrogen (secondary N) is 1. The number of carbonyl (C=O) groups excluding carboxylic acids is 2. The van der Waals surface area contributed by atoms with Crippen LogP contribution in [-0.4, -0.2) is 51.9 Å². The molecule has 0 saturated carbocycles. The summed E-state index contributed by atoms with van der Waals surface area (Å²) in [4.78, 5) is 29.6. The van der Waals surface area contributed by atoms with Gasteiger partial charge in [-0.15, -0.1) is 0 Å². The lowest BCUT2D eigenvalue weighted by Gasteiger charge is -2.23. The molecule has 1 aromatic heterocycles. The summed E-state index contributed by atoms with van der Waals surface area (Å²) in [6.45, 7) is 7.43. The number of hydrogen-bond donors (Lipinski definition) is 1. The van der Waals surface area contributed by atoms with Gasteiger partial charge in [-0.3, -0.25) is 14.6 Å². The average molecular weight is 462 g/mol. The van der Waals surface area contributed by atoms with Crippen LogP contribution in [0.25, 0.3) is 0 Å². The predicted octanol–water partition coefficient (Wildman–Crippen LogP) is 3.59. The van der Waals surface area contributed by atoms with Crippen LogP contribution in [0.1, 0.15) is 49.5 Å². The fourth-order valence-corrected chi connectivity index (χ4v) is 3.21. The molecule has 8 heteroatoms. The lowest BCUT2D eigenvalue weighted by atomic mass is 10.2. The molecule has 0 saturated heterocycles. The van der Waals surface area contributed by atoms with Crippen molar-refractivity contribution in [3.8, 4) is 0 Å². The lowest BCUT2D eigenvalue weighted by molar-refractivity contribution is -0.139. The van der Waals surface area contributed by atoms with E-state index < -0.39 is 17.0 Å². The standard InChI is InChI=1S/C19H23N3O4S.C5H12/c1-26-18(23)14-21-27(25)12-6-11-22(15-16-7-3-2-4-8-16)19(24)17-9-5-10-20-13-17;1-4-5(2)3/h2-5,7-10,13,21H,6,11-12,14-15H2,1H3;5H,4H2,1-3H3. The summed E-state index contributed by atoms with van der Waals surface area (Å²) in [5, 5.41) is 0. The minimum Gasteiger partial charge on any atom is -0.468 e. The number of nitrogens with zero attached hydrogens (tertiary/aromatic N) is 2. The molecule has 0 bridgehead atoms. The van der Waals surface area contributed by atoms with Gasteiger partial charge < -0.3 is 9.64 Å². The Morgan fingerprint density at radius 2 is 1.84 bits per heavy atom. The second kappa shape index (κ2) is 16.1. The van der Waals surface area contributed by atoms with Gasteiger partial charge in [0.25, 0.3) is 5.91 Å². The van der Waals surface area contributed by atoms with Crippen molar-refractivity contribution < 1.29 is 18.5 Å². The fraction of sp³-hybridized carbons (Fsp3) is 0.458. The van der Waals surface area contributed by atoms with Crippen LogP contribution in [0.4, 0.5) is 0 Å². The normalized spacial score (nSPS) is 11.3. The van der Waals surface area contributed by atoms with E-state index in [9.17, 15) is 13.8 Å². The number of hydrogen-bond acceptors (Lipinski definition) is 5. The van der Waals surface area contributed by atoms with Crippen LogP contribution < -0.4 is 4.72 Å². The minimum absolute atomic E-state index is 0.106. The van der Waals surface area contributed by atoms with Crippen molar-refractivity contribution in [2.75, 3.05) is 26.0 Å². The minimum atomic E-state index is -1.36. The van der Waals surface area contributed by atoms with Crippen LogP contribution in [0, 0.1) is 5.92 Å². The summed E-state index contributed by atoms with van der Waals surface area (Å²) in [6.07, 6.45) is 4.99. The smallest absolute Gasteiger partial charge is 0.320 e. The molecular weight excluding hydrogens is 426 g/mol. The van der Waals surface area contributed by atoms with Crippen molar-refractivity contribution in [1.29, 1.82) is 0 Å². The highest BCUT2D eigenvalue weighted by molar-refractivity contribution is 7.83. The highest BCUT2D eigenvalue weighted by Gasteiger charge is 2.16. The Labute approximate surface area is 194 Å². The first-order valence-corrected chi connectivity index (χ1v) is 12.1. The zero-order valence-electron chi connectivity index (χ0n) is 19.5. The molecular formula is C24H35N3O4S. The monoisotopic (exact) mass is 461 g/mol. The molecule has 2 rings (SSSR count). The Kier molecular flexibility index (Phi) is 13.8. The van der Waals surface area contributed by atoms with E-state index in [2.05, 4.69) is 35.2 Å². The van der Waals surface area contributed by atoms with Crippen LogP contribution in [0.15, 0.2) is 54.9 Å². The topological polar surface area (TPSA) is 88.6 Å². The van der Waals surface area contributed by atoms with Gasteiger partial charge in [-0.25, -0.2) is 8.93 Å². The Morgan fingerprint density at radius 3 is 2.41 bits per heavy atom. The number of benzene rings is 1. The van der Waals surface area contributed by atoms with Crippen LogP contribution in [0.3, 0.4) is 0 Å². The summed E-state index contributed by atoms with van der Waals surface area (Å²) in [7, 11) is -0.0877. The molecule has 2 aromatic rings. The first-order chi connectivity index (χ1) is 15.4. The van der Waals surface area contributed by atoms with Gasteiger partial charge in [-0.05, 0) is 30.0 Å². The number of amides is 1. The molecule has 0 fully saturated rings. The van der Waals surface area contributed by atoms with E-state index >= 15 is 0 Å². The van der Waals surface area contributed by atoms with Crippen molar-refractivity contribution >= 4 is 22.9 Å². The quantitative estimate of drug-likeness (QED) is 0.517. The zero-order valence-corrected chi connectivity index (χ0v) is 20.3. The van der Waals surface area contributed by atoms with Gasteiger partial charge in [0.15, 0.2) is 0 Å². The van der Waals surface area contributed by atoms with Crippen LogP contribution in [0.2, 0.25) is 0 Å². The maximum absolute atomic E-state index is 12.8. The Bertz CT molecular complexity index is 817. The summed E-state index contributed by atoms with van der Waals surface area (Å²) in [6, 6.07) is 13.1. The molecule has 1 amide bonds. The van der Waals surface area contributed by atoms with E-state index in [1.807, 2.05) is 30.3 Å². The predicted molar refractivity (Wildman–Crippen MR) is 128 cm³/mol. The maximum Gasteiger partial charge on any atom is 0.320 e. The maximum atomic E-state index is 12.8. The van der Waals surface area contributed by atoms with E-state index in [-0.39, 0.29) is 12.5 Å². The van der Waals surface area contributed by atoms with Crippen LogP contribution >= 0.6 is 0 Å².